The Balaban J connectivity index is 1.28. The van der Waals surface area contributed by atoms with Crippen molar-refractivity contribution in [2.45, 2.75) is 50.1 Å². The largest absolute Gasteiger partial charge is 0.346 e. The van der Waals surface area contributed by atoms with Crippen LogP contribution in [0, 0.1) is 29.4 Å². The van der Waals surface area contributed by atoms with Crippen LogP contribution in [0.2, 0.25) is 5.02 Å². The Bertz CT molecular complexity index is 2690. The second kappa shape index (κ2) is 13.3. The number of amides is 2. The molecule has 3 aliphatic rings. The molecule has 20 heteroatoms. The maximum absolute atomic E-state index is 15.5. The van der Waals surface area contributed by atoms with Gasteiger partial charge in [-0.15, -0.1) is 0 Å². The number of fused-ring (bicyclic) bond motifs is 5. The number of anilines is 2. The second-order valence-corrected chi connectivity index (χ2v) is 15.9. The SMILES string of the molecule is Cn1nc(NS(C)(=O)=O)c2c(Cl)ccc(-c3cc4c(nc3[C@H](Cc3cc(F)cc(F)c3)NC(=O)Cn3nc(C(F)F)c5c3C(F)(F)[C@@H]3C#C[C@H]53)CCC(=O)N4)c21. The van der Waals surface area contributed by atoms with Gasteiger partial charge in [-0.05, 0) is 36.2 Å². The minimum absolute atomic E-state index is 0.0493. The molecule has 3 atom stereocenters. The molecular weight excluding hydrogens is 790 g/mol. The highest BCUT2D eigenvalue weighted by atomic mass is 35.5. The monoisotopic (exact) mass is 816 g/mol. The van der Waals surface area contributed by atoms with Crippen LogP contribution < -0.4 is 15.4 Å². The van der Waals surface area contributed by atoms with E-state index in [9.17, 15) is 35.6 Å². The van der Waals surface area contributed by atoms with E-state index >= 15 is 8.78 Å². The van der Waals surface area contributed by atoms with Crippen LogP contribution in [0.15, 0.2) is 36.4 Å². The Morgan fingerprint density at radius 2 is 1.80 bits per heavy atom. The molecule has 4 heterocycles. The fraction of sp³-hybridized carbons (Fsp3) is 0.306. The maximum atomic E-state index is 15.5. The van der Waals surface area contributed by atoms with Crippen molar-refractivity contribution < 1.29 is 44.3 Å². The average molecular weight is 817 g/mol. The predicted molar refractivity (Wildman–Crippen MR) is 190 cm³/mol. The lowest BCUT2D eigenvalue weighted by Gasteiger charge is -2.26. The fourth-order valence-corrected chi connectivity index (χ4v) is 8.29. The highest BCUT2D eigenvalue weighted by Crippen LogP contribution is 2.57. The fourth-order valence-electron chi connectivity index (χ4n) is 7.56. The summed E-state index contributed by atoms with van der Waals surface area (Å²) in [6.07, 6.45) is -2.44. The molecule has 0 spiro atoms. The molecule has 12 nitrogen and oxygen atoms in total. The number of carbonyl (C=O) groups excluding carboxylic acids is 2. The molecule has 0 saturated heterocycles. The first-order valence-corrected chi connectivity index (χ1v) is 19.2. The number of nitrogens with one attached hydrogen (secondary N) is 3. The second-order valence-electron chi connectivity index (χ2n) is 13.7. The van der Waals surface area contributed by atoms with Gasteiger partial charge in [-0.1, -0.05) is 29.5 Å². The van der Waals surface area contributed by atoms with Crippen LogP contribution in [0.4, 0.5) is 37.8 Å². The topological polar surface area (TPSA) is 153 Å². The molecule has 0 bridgehead atoms. The highest BCUT2D eigenvalue weighted by Gasteiger charge is 2.60. The molecule has 0 saturated carbocycles. The Labute approximate surface area is 318 Å². The maximum Gasteiger partial charge on any atom is 0.304 e. The lowest BCUT2D eigenvalue weighted by molar-refractivity contribution is -0.123. The summed E-state index contributed by atoms with van der Waals surface area (Å²) in [5, 5.41) is 13.8. The molecule has 290 valence electrons. The Kier molecular flexibility index (Phi) is 8.84. The smallest absolute Gasteiger partial charge is 0.304 e. The minimum Gasteiger partial charge on any atom is -0.346 e. The zero-order chi connectivity index (χ0) is 40.0. The molecule has 1 aliphatic heterocycles. The molecule has 2 aliphatic carbocycles. The summed E-state index contributed by atoms with van der Waals surface area (Å²) in [6, 6.07) is 5.98. The Morgan fingerprint density at radius 1 is 1.07 bits per heavy atom. The van der Waals surface area contributed by atoms with Crippen molar-refractivity contribution in [2.24, 2.45) is 13.0 Å². The third kappa shape index (κ3) is 6.39. The van der Waals surface area contributed by atoms with Crippen LogP contribution >= 0.6 is 11.6 Å². The first-order valence-electron chi connectivity index (χ1n) is 16.9. The van der Waals surface area contributed by atoms with Gasteiger partial charge in [-0.2, -0.15) is 19.0 Å². The standard InChI is InChI=1S/C36H27ClF6N8O4S/c1-50-32-18(4-6-22(37)29(32)35(48-50)49-56(2,54)55)20-13-24-23(7-8-26(52)44-24)46-30(20)25(11-15-9-16(38)12-17(39)10-15)45-27(53)14-51-33-28(31(47-51)34(40)41)19-3-5-21(19)36(33,42)43/h4,6,9-10,12-13,19,21,25,34H,7-8,11,14H2,1-2H3,(H,44,52)(H,45,53)(H,48,49)/t19-,21+,25-/m0/s1. The van der Waals surface area contributed by atoms with Crippen LogP contribution in [0.1, 0.15) is 58.7 Å². The van der Waals surface area contributed by atoms with E-state index in [-0.39, 0.29) is 63.7 Å². The molecular formula is C36H27ClF6N8O4S. The van der Waals surface area contributed by atoms with Crippen LogP contribution in [0.5, 0.6) is 0 Å². The first kappa shape index (κ1) is 37.3. The van der Waals surface area contributed by atoms with Crippen molar-refractivity contribution in [1.82, 2.24) is 29.9 Å². The van der Waals surface area contributed by atoms with Crippen LogP contribution in [-0.4, -0.2) is 51.0 Å². The van der Waals surface area contributed by atoms with Crippen molar-refractivity contribution in [2.75, 3.05) is 16.3 Å². The molecule has 2 aromatic carbocycles. The number of sulfonamides is 1. The van der Waals surface area contributed by atoms with Crippen LogP contribution in [0.3, 0.4) is 0 Å². The molecule has 3 N–H and O–H groups in total. The van der Waals surface area contributed by atoms with Gasteiger partial charge < -0.3 is 10.6 Å². The number of nitrogens with zero attached hydrogens (tertiary/aromatic N) is 5. The minimum atomic E-state index is -3.84. The van der Waals surface area contributed by atoms with Gasteiger partial charge in [0.05, 0.1) is 51.2 Å². The van der Waals surface area contributed by atoms with E-state index in [1.54, 1.807) is 12.1 Å². The first-order chi connectivity index (χ1) is 26.4. The van der Waals surface area contributed by atoms with E-state index in [1.807, 2.05) is 0 Å². The van der Waals surface area contributed by atoms with E-state index in [0.717, 1.165) is 18.4 Å². The molecule has 0 fully saturated rings. The van der Waals surface area contributed by atoms with Crippen molar-refractivity contribution >= 4 is 55.8 Å². The zero-order valence-electron chi connectivity index (χ0n) is 29.0. The summed E-state index contributed by atoms with van der Waals surface area (Å²) < 4.78 is 117. The third-order valence-corrected chi connectivity index (χ3v) is 10.7. The number of aromatic nitrogens is 5. The van der Waals surface area contributed by atoms with E-state index in [4.69, 9.17) is 16.6 Å². The normalized spacial score (nSPS) is 18.4. The van der Waals surface area contributed by atoms with Gasteiger partial charge in [0, 0.05) is 42.6 Å². The summed E-state index contributed by atoms with van der Waals surface area (Å²) >= 11 is 6.58. The molecule has 0 radical (unpaired) electrons. The molecule has 56 heavy (non-hydrogen) atoms. The predicted octanol–water partition coefficient (Wildman–Crippen LogP) is 5.88. The van der Waals surface area contributed by atoms with Crippen LogP contribution in [0.25, 0.3) is 22.0 Å². The summed E-state index contributed by atoms with van der Waals surface area (Å²) in [6.45, 7) is -0.956. The van der Waals surface area contributed by atoms with Gasteiger partial charge in [-0.3, -0.25) is 28.7 Å². The van der Waals surface area contributed by atoms with E-state index in [2.05, 4.69) is 37.4 Å². The number of hydrogen-bond acceptors (Lipinski definition) is 7. The number of hydrogen-bond donors (Lipinski definition) is 3. The van der Waals surface area contributed by atoms with Crippen molar-refractivity contribution in [3.05, 3.63) is 87.0 Å². The van der Waals surface area contributed by atoms with Gasteiger partial charge in [0.1, 0.15) is 35.5 Å². The Morgan fingerprint density at radius 3 is 2.46 bits per heavy atom. The van der Waals surface area contributed by atoms with Crippen LogP contribution in [-0.2, 0) is 52.0 Å². The van der Waals surface area contributed by atoms with Gasteiger partial charge in [0.25, 0.3) is 6.43 Å². The number of benzene rings is 2. The molecule has 5 aromatic rings. The van der Waals surface area contributed by atoms with Crippen molar-refractivity contribution in [3.63, 3.8) is 0 Å². The summed E-state index contributed by atoms with van der Waals surface area (Å²) in [5.74, 6) is -4.87. The Hall–Kier alpha value is -5.61. The van der Waals surface area contributed by atoms with Gasteiger partial charge >= 0.3 is 5.92 Å². The number of halogens is 7. The number of rotatable bonds is 10. The quantitative estimate of drug-likeness (QED) is 0.118. The molecule has 3 aromatic heterocycles. The number of alkyl halides is 4. The van der Waals surface area contributed by atoms with Gasteiger partial charge in [-0.25, -0.2) is 26.0 Å². The molecule has 0 unspecified atom stereocenters. The zero-order valence-corrected chi connectivity index (χ0v) is 30.6. The third-order valence-electron chi connectivity index (χ3n) is 9.79. The summed E-state index contributed by atoms with van der Waals surface area (Å²) in [7, 11) is -2.33. The number of aryl methyl sites for hydroxylation is 2. The highest BCUT2D eigenvalue weighted by molar-refractivity contribution is 7.92. The van der Waals surface area contributed by atoms with E-state index in [1.165, 1.54) is 17.8 Å². The summed E-state index contributed by atoms with van der Waals surface area (Å²) in [4.78, 5) is 31.3. The van der Waals surface area contributed by atoms with E-state index < -0.39 is 81.3 Å². The summed E-state index contributed by atoms with van der Waals surface area (Å²) in [5.41, 5.74) is -0.555. The number of carbonyl (C=O) groups is 2. The van der Waals surface area contributed by atoms with Gasteiger partial charge in [0.15, 0.2) is 5.82 Å². The van der Waals surface area contributed by atoms with Crippen molar-refractivity contribution in [3.8, 4) is 23.0 Å². The lowest BCUT2D eigenvalue weighted by atomic mass is 9.84. The lowest BCUT2D eigenvalue weighted by Crippen LogP contribution is -2.36. The molecule has 2 amide bonds. The van der Waals surface area contributed by atoms with E-state index in [0.29, 0.717) is 27.7 Å². The molecule has 8 rings (SSSR count). The number of pyridine rings is 1. The van der Waals surface area contributed by atoms with Gasteiger partial charge in [0.2, 0.25) is 21.8 Å². The average Bonchev–Trinajstić information content (AvgIpc) is 3.64. The van der Waals surface area contributed by atoms with Crippen molar-refractivity contribution in [1.29, 1.82) is 0 Å².